The van der Waals surface area contributed by atoms with Crippen LogP contribution < -0.4 is 32.0 Å². The first kappa shape index (κ1) is 57.6. The molecule has 5 aromatic rings. The maximum absolute atomic E-state index is 17.4. The van der Waals surface area contributed by atoms with E-state index in [0.717, 1.165) is 33.7 Å². The molecule has 2 N–H and O–H groups in total. The number of hydrogen-bond acceptors (Lipinski definition) is 15. The van der Waals surface area contributed by atoms with Gasteiger partial charge in [-0.05, 0) is 75.1 Å². The Labute approximate surface area is 436 Å². The fourth-order valence-corrected chi connectivity index (χ4v) is 11.5. The SMILES string of the molecule is COc1ccc(C(OC[C@H]2O[C@@H](n3ccc(=O)[nH]c3=O)[C@H](F)[C@@H]2CCN(C[C@H]2O[C@@H](n3ccc(=O)[nH]c3=O)[C@H](OC)[C@@H]2OP(OCCC#N)N(C(C)C)C(C)C)C(F)(F)F)(c2ccccc2)c2ccc(OC)cc2)cc1. The number of halogens is 4. The van der Waals surface area contributed by atoms with Gasteiger partial charge < -0.3 is 37.5 Å². The highest BCUT2D eigenvalue weighted by atomic mass is 31.2. The van der Waals surface area contributed by atoms with Crippen LogP contribution in [0.2, 0.25) is 0 Å². The summed E-state index contributed by atoms with van der Waals surface area (Å²) in [7, 11) is 2.17. The highest BCUT2D eigenvalue weighted by Gasteiger charge is 2.54. The van der Waals surface area contributed by atoms with Crippen molar-refractivity contribution in [3.63, 3.8) is 0 Å². The monoisotopic (exact) mass is 1080 g/mol. The summed E-state index contributed by atoms with van der Waals surface area (Å²) in [5.74, 6) is -0.308. The van der Waals surface area contributed by atoms with Crippen molar-refractivity contribution in [2.45, 2.75) is 108 Å². The van der Waals surface area contributed by atoms with Crippen LogP contribution >= 0.6 is 8.53 Å². The number of aromatic amines is 2. The van der Waals surface area contributed by atoms with Gasteiger partial charge in [-0.3, -0.25) is 28.7 Å². The third kappa shape index (κ3) is 12.8. The highest BCUT2D eigenvalue weighted by molar-refractivity contribution is 7.44. The van der Waals surface area contributed by atoms with Gasteiger partial charge in [0.15, 0.2) is 18.6 Å². The van der Waals surface area contributed by atoms with Crippen molar-refractivity contribution in [2.75, 3.05) is 47.6 Å². The maximum Gasteiger partial charge on any atom is 0.460 e. The number of methoxy groups -OCH3 is 3. The van der Waals surface area contributed by atoms with Crippen LogP contribution in [-0.4, -0.2) is 125 Å². The Balaban J connectivity index is 1.27. The quantitative estimate of drug-likeness (QED) is 0.0215. The number of nitrogens with zero attached hydrogens (tertiary/aromatic N) is 5. The molecule has 0 amide bonds. The molecule has 2 saturated heterocycles. The molecule has 0 aliphatic carbocycles. The van der Waals surface area contributed by atoms with Crippen LogP contribution in [0.25, 0.3) is 0 Å². The van der Waals surface area contributed by atoms with Crippen LogP contribution in [-0.2, 0) is 33.6 Å². The van der Waals surface area contributed by atoms with Gasteiger partial charge in [0.25, 0.3) is 19.6 Å². The number of aromatic nitrogens is 4. The summed E-state index contributed by atoms with van der Waals surface area (Å²) >= 11 is 0. The van der Waals surface area contributed by atoms with E-state index in [-0.39, 0.29) is 30.0 Å². The summed E-state index contributed by atoms with van der Waals surface area (Å²) in [6, 6.07) is 26.9. The zero-order valence-corrected chi connectivity index (χ0v) is 43.8. The van der Waals surface area contributed by atoms with Crippen LogP contribution in [0.5, 0.6) is 11.5 Å². The molecule has 1 unspecified atom stereocenters. The van der Waals surface area contributed by atoms with Crippen molar-refractivity contribution < 1.29 is 55.0 Å². The molecule has 4 heterocycles. The van der Waals surface area contributed by atoms with Crippen molar-refractivity contribution in [2.24, 2.45) is 5.92 Å². The summed E-state index contributed by atoms with van der Waals surface area (Å²) < 4.78 is 117. The lowest BCUT2D eigenvalue weighted by Crippen LogP contribution is -2.48. The summed E-state index contributed by atoms with van der Waals surface area (Å²) in [5.41, 5.74) is -3.08. The maximum atomic E-state index is 17.4. The topological polar surface area (TPSA) is 214 Å². The number of nitrogens with one attached hydrogen (secondary N) is 2. The second kappa shape index (κ2) is 25.4. The summed E-state index contributed by atoms with van der Waals surface area (Å²) in [6.45, 7) is 5.15. The molecule has 19 nitrogen and oxygen atoms in total. The van der Waals surface area contributed by atoms with Crippen LogP contribution in [0.3, 0.4) is 0 Å². The fourth-order valence-electron chi connectivity index (χ4n) is 9.73. The number of ether oxygens (including phenoxy) is 6. The molecule has 410 valence electrons. The minimum absolute atomic E-state index is 0.0256. The Morgan fingerprint density at radius 2 is 1.26 bits per heavy atom. The van der Waals surface area contributed by atoms with Gasteiger partial charge in [-0.25, -0.2) is 23.5 Å². The molecule has 2 fully saturated rings. The standard InChI is InChI=1S/C52H62F4N7O12P/c1-32(2)63(33(3)4)76(72-29-11-25-57)75-45-40(73-48(46(45)70-7)62-28-24-43(65)59-50(62)67)30-60(52(54,55)56)26-22-39-41(74-47(44(39)53)61-27-23-42(64)58-49(61)66)31-71-51(34-12-9-8-10-13-34,35-14-18-37(68-5)19-15-35)36-16-20-38(69-6)21-17-36/h8-10,12-21,23-24,27-28,32-33,39-41,44-48H,11,22,26,29-31H2,1-7H3,(H,58,64,66)(H,59,65,67)/t39-,40-,41-,44-,45-,46-,47-,48-,76?/m1/s1. The van der Waals surface area contributed by atoms with E-state index in [0.29, 0.717) is 28.2 Å². The first-order chi connectivity index (χ1) is 36.3. The van der Waals surface area contributed by atoms with E-state index in [4.69, 9.17) is 37.5 Å². The molecule has 2 aromatic heterocycles. The van der Waals surface area contributed by atoms with E-state index < -0.39 is 118 Å². The average Bonchev–Trinajstić information content (AvgIpc) is 3.90. The zero-order chi connectivity index (χ0) is 54.9. The Hall–Kier alpha value is -6.06. The van der Waals surface area contributed by atoms with Gasteiger partial charge >= 0.3 is 17.7 Å². The number of alkyl halides is 4. The number of benzene rings is 3. The number of H-pyrrole nitrogens is 2. The summed E-state index contributed by atoms with van der Waals surface area (Å²) in [5, 5.41) is 9.36. The third-order valence-electron chi connectivity index (χ3n) is 13.3. The van der Waals surface area contributed by atoms with Crippen molar-refractivity contribution in [1.29, 1.82) is 5.26 Å². The van der Waals surface area contributed by atoms with Crippen LogP contribution in [0.4, 0.5) is 17.6 Å². The lowest BCUT2D eigenvalue weighted by atomic mass is 9.80. The van der Waals surface area contributed by atoms with E-state index >= 15 is 17.6 Å². The minimum Gasteiger partial charge on any atom is -0.497 e. The van der Waals surface area contributed by atoms with E-state index in [1.165, 1.54) is 21.3 Å². The van der Waals surface area contributed by atoms with Gasteiger partial charge in [-0.2, -0.15) is 18.4 Å². The summed E-state index contributed by atoms with van der Waals surface area (Å²) in [6.07, 6.45) is -14.3. The average molecular weight is 1080 g/mol. The third-order valence-corrected chi connectivity index (χ3v) is 15.4. The summed E-state index contributed by atoms with van der Waals surface area (Å²) in [4.78, 5) is 55.1. The molecule has 0 radical (unpaired) electrons. The van der Waals surface area contributed by atoms with E-state index in [1.54, 1.807) is 48.5 Å². The largest absolute Gasteiger partial charge is 0.497 e. The van der Waals surface area contributed by atoms with Crippen LogP contribution in [0.15, 0.2) is 123 Å². The lowest BCUT2D eigenvalue weighted by molar-refractivity contribution is -0.255. The van der Waals surface area contributed by atoms with Gasteiger partial charge in [0.2, 0.25) is 0 Å². The molecular formula is C52H62F4N7O12P. The van der Waals surface area contributed by atoms with Crippen molar-refractivity contribution >= 4 is 8.53 Å². The van der Waals surface area contributed by atoms with E-state index in [1.807, 2.05) is 68.8 Å². The van der Waals surface area contributed by atoms with Crippen molar-refractivity contribution in [3.8, 4) is 17.6 Å². The molecule has 7 rings (SSSR count). The smallest absolute Gasteiger partial charge is 0.460 e. The predicted molar refractivity (Wildman–Crippen MR) is 270 cm³/mol. The molecule has 0 bridgehead atoms. The van der Waals surface area contributed by atoms with E-state index in [2.05, 4.69) is 9.97 Å². The Morgan fingerprint density at radius 3 is 1.75 bits per heavy atom. The Bertz CT molecular complexity index is 2900. The minimum atomic E-state index is -5.10. The molecule has 2 aliphatic heterocycles. The molecule has 24 heteroatoms. The number of rotatable bonds is 24. The van der Waals surface area contributed by atoms with Gasteiger partial charge in [0.1, 0.15) is 35.4 Å². The molecule has 9 atom stereocenters. The number of hydrogen-bond donors (Lipinski definition) is 2. The van der Waals surface area contributed by atoms with E-state index in [9.17, 15) is 24.4 Å². The normalized spacial score (nSPS) is 22.4. The zero-order valence-electron chi connectivity index (χ0n) is 42.9. The molecule has 0 spiro atoms. The lowest BCUT2D eigenvalue weighted by Gasteiger charge is -2.38. The first-order valence-corrected chi connectivity index (χ1v) is 25.6. The predicted octanol–water partition coefficient (Wildman–Crippen LogP) is 6.75. The van der Waals surface area contributed by atoms with Gasteiger partial charge in [-0.15, -0.1) is 0 Å². The molecule has 3 aromatic carbocycles. The number of nitriles is 1. The molecule has 76 heavy (non-hydrogen) atoms. The molecule has 0 saturated carbocycles. The van der Waals surface area contributed by atoms with Crippen LogP contribution in [0.1, 0.15) is 69.7 Å². The van der Waals surface area contributed by atoms with Crippen LogP contribution in [0, 0.1) is 17.2 Å². The van der Waals surface area contributed by atoms with Crippen molar-refractivity contribution in [3.05, 3.63) is 162 Å². The van der Waals surface area contributed by atoms with Gasteiger partial charge in [0.05, 0.1) is 46.0 Å². The fraction of sp³-hybridized carbons (Fsp3) is 0.481. The Kier molecular flexibility index (Phi) is 19.3. The van der Waals surface area contributed by atoms with Gasteiger partial charge in [-0.1, -0.05) is 54.6 Å². The highest BCUT2D eigenvalue weighted by Crippen LogP contribution is 2.51. The first-order valence-electron chi connectivity index (χ1n) is 24.5. The molecular weight excluding hydrogens is 1020 g/mol. The molecule has 2 aliphatic rings. The van der Waals surface area contributed by atoms with Crippen molar-refractivity contribution in [1.82, 2.24) is 28.7 Å². The second-order valence-electron chi connectivity index (χ2n) is 18.6. The van der Waals surface area contributed by atoms with Gasteiger partial charge in [0, 0.05) is 62.7 Å². The Morgan fingerprint density at radius 1 is 0.737 bits per heavy atom. The second-order valence-corrected chi connectivity index (χ2v) is 20.0.